The minimum absolute atomic E-state index is 0.499. The first-order valence-electron chi connectivity index (χ1n) is 23.5. The average molecular weight is 877 g/mol. The summed E-state index contributed by atoms with van der Waals surface area (Å²) in [6.45, 7) is 0. The Labute approximate surface area is 398 Å². The Bertz CT molecular complexity index is 4150. The van der Waals surface area contributed by atoms with Crippen molar-refractivity contribution < 1.29 is 0 Å². The highest BCUT2D eigenvalue weighted by molar-refractivity contribution is 6.14. The fourth-order valence-corrected chi connectivity index (χ4v) is 11.1. The van der Waals surface area contributed by atoms with Gasteiger partial charge >= 0.3 is 0 Å². The lowest BCUT2D eigenvalue weighted by Gasteiger charge is -2.34. The van der Waals surface area contributed by atoms with Crippen LogP contribution in [0.4, 0.5) is 0 Å². The summed E-state index contributed by atoms with van der Waals surface area (Å²) in [4.78, 5) is 21.1. The molecule has 0 spiro atoms. The summed E-state index contributed by atoms with van der Waals surface area (Å²) in [5.41, 5.74) is 18.6. The van der Waals surface area contributed by atoms with Crippen LogP contribution >= 0.6 is 0 Å². The fraction of sp³-hybridized carbons (Fsp3) is 0.0154. The Hall–Kier alpha value is -9.12. The Balaban J connectivity index is 0.874. The highest BCUT2D eigenvalue weighted by Crippen LogP contribution is 2.57. The molecule has 1 aliphatic carbocycles. The van der Waals surface area contributed by atoms with Crippen LogP contribution in [0.15, 0.2) is 243 Å². The van der Waals surface area contributed by atoms with Gasteiger partial charge in [0, 0.05) is 49.2 Å². The zero-order valence-corrected chi connectivity index (χ0v) is 37.4. The largest absolute Gasteiger partial charge is 0.248 e. The first kappa shape index (κ1) is 39.1. The van der Waals surface area contributed by atoms with Gasteiger partial charge in [0.15, 0.2) is 0 Å². The number of benzene rings is 9. The van der Waals surface area contributed by atoms with Crippen LogP contribution in [-0.4, -0.2) is 19.9 Å². The second kappa shape index (κ2) is 15.5. The van der Waals surface area contributed by atoms with E-state index in [-0.39, 0.29) is 0 Å². The van der Waals surface area contributed by atoms with Crippen LogP contribution < -0.4 is 0 Å². The van der Waals surface area contributed by atoms with Gasteiger partial charge in [-0.3, -0.25) is 0 Å². The van der Waals surface area contributed by atoms with Crippen molar-refractivity contribution >= 4 is 54.4 Å². The summed E-state index contributed by atoms with van der Waals surface area (Å²) < 4.78 is 0. The van der Waals surface area contributed by atoms with Gasteiger partial charge in [-0.1, -0.05) is 188 Å². The molecule has 1 aliphatic rings. The molecule has 4 heterocycles. The van der Waals surface area contributed by atoms with Gasteiger partial charge in [0.25, 0.3) is 0 Å². The second-order valence-corrected chi connectivity index (χ2v) is 18.1. The third-order valence-electron chi connectivity index (χ3n) is 14.3. The Morgan fingerprint density at radius 3 is 1.58 bits per heavy atom. The molecule has 0 N–H and O–H groups in total. The summed E-state index contributed by atoms with van der Waals surface area (Å²) in [7, 11) is 0. The van der Waals surface area contributed by atoms with Gasteiger partial charge in [-0.25, -0.2) is 19.9 Å². The van der Waals surface area contributed by atoms with Crippen LogP contribution in [0, 0.1) is 0 Å². The molecule has 14 rings (SSSR count). The Kier molecular flexibility index (Phi) is 8.77. The summed E-state index contributed by atoms with van der Waals surface area (Å²) in [5, 5.41) is 6.63. The predicted octanol–water partition coefficient (Wildman–Crippen LogP) is 16.1. The number of rotatable bonds is 6. The van der Waals surface area contributed by atoms with Crippen molar-refractivity contribution in [3.05, 3.63) is 265 Å². The van der Waals surface area contributed by atoms with E-state index < -0.39 is 5.41 Å². The molecule has 0 amide bonds. The molecular formula is C65H40N4. The van der Waals surface area contributed by atoms with Gasteiger partial charge in [-0.2, -0.15) is 0 Å². The van der Waals surface area contributed by atoms with Crippen molar-refractivity contribution in [1.82, 2.24) is 19.9 Å². The van der Waals surface area contributed by atoms with Crippen LogP contribution in [0.5, 0.6) is 0 Å². The van der Waals surface area contributed by atoms with Crippen molar-refractivity contribution in [3.8, 4) is 56.2 Å². The molecule has 0 aliphatic heterocycles. The molecule has 0 atom stereocenters. The summed E-state index contributed by atoms with van der Waals surface area (Å²) in [5.74, 6) is 0. The molecule has 13 aromatic rings. The highest BCUT2D eigenvalue weighted by Gasteiger charge is 2.46. The van der Waals surface area contributed by atoms with Crippen LogP contribution in [0.1, 0.15) is 22.3 Å². The molecule has 0 fully saturated rings. The minimum Gasteiger partial charge on any atom is -0.248 e. The second-order valence-electron chi connectivity index (χ2n) is 18.1. The smallest absolute Gasteiger partial charge is 0.0972 e. The molecular weight excluding hydrogens is 837 g/mol. The number of aromatic nitrogens is 4. The standard InChI is InChI=1S/C65H40N4/c1-4-15-41(16-5-1)57-33-29-42-27-28-43-30-34-60(68-64(43)63(42)67-57)46-32-36-59-45(37-46)31-35-58(66-59)44-17-14-18-47(38-44)62-54-39-53-50-23-10-12-25-55(50)65(48-19-6-2-7-20-48,49-21-8-3-9-22-49)56(53)40-52(54)51-24-11-13-26-61(51)69-62/h1-40H. The molecule has 0 radical (unpaired) electrons. The van der Waals surface area contributed by atoms with E-state index in [1.165, 1.54) is 38.8 Å². The number of pyridine rings is 4. The molecule has 0 saturated heterocycles. The fourth-order valence-electron chi connectivity index (χ4n) is 11.1. The predicted molar refractivity (Wildman–Crippen MR) is 284 cm³/mol. The van der Waals surface area contributed by atoms with E-state index in [0.29, 0.717) is 0 Å². The number of hydrogen-bond acceptors (Lipinski definition) is 4. The van der Waals surface area contributed by atoms with Crippen molar-refractivity contribution in [3.63, 3.8) is 0 Å². The van der Waals surface area contributed by atoms with Crippen molar-refractivity contribution in [2.75, 3.05) is 0 Å². The number of fused-ring (bicyclic) bond motifs is 10. The molecule has 0 bridgehead atoms. The van der Waals surface area contributed by atoms with E-state index in [0.717, 1.165) is 94.0 Å². The topological polar surface area (TPSA) is 51.6 Å². The van der Waals surface area contributed by atoms with Gasteiger partial charge in [0.1, 0.15) is 0 Å². The van der Waals surface area contributed by atoms with Gasteiger partial charge in [0.2, 0.25) is 0 Å². The van der Waals surface area contributed by atoms with Gasteiger partial charge in [-0.15, -0.1) is 0 Å². The first-order chi connectivity index (χ1) is 34.2. The molecule has 0 saturated carbocycles. The Morgan fingerprint density at radius 2 is 0.841 bits per heavy atom. The maximum absolute atomic E-state index is 5.45. The van der Waals surface area contributed by atoms with Crippen LogP contribution in [0.25, 0.3) is 111 Å². The zero-order valence-electron chi connectivity index (χ0n) is 37.4. The lowest BCUT2D eigenvalue weighted by molar-refractivity contribution is 0.769. The lowest BCUT2D eigenvalue weighted by Crippen LogP contribution is -2.28. The van der Waals surface area contributed by atoms with Gasteiger partial charge in [-0.05, 0) is 93.4 Å². The Morgan fingerprint density at radius 1 is 0.275 bits per heavy atom. The highest BCUT2D eigenvalue weighted by atomic mass is 14.8. The summed E-state index contributed by atoms with van der Waals surface area (Å²) in [6.07, 6.45) is 0. The molecule has 4 nitrogen and oxygen atoms in total. The lowest BCUT2D eigenvalue weighted by atomic mass is 9.67. The third kappa shape index (κ3) is 6.16. The van der Waals surface area contributed by atoms with E-state index >= 15 is 0 Å². The van der Waals surface area contributed by atoms with Crippen molar-refractivity contribution in [2.45, 2.75) is 5.41 Å². The maximum atomic E-state index is 5.45. The number of hydrogen-bond donors (Lipinski definition) is 0. The van der Waals surface area contributed by atoms with Crippen LogP contribution in [-0.2, 0) is 5.41 Å². The van der Waals surface area contributed by atoms with Crippen molar-refractivity contribution in [2.24, 2.45) is 0 Å². The minimum atomic E-state index is -0.499. The van der Waals surface area contributed by atoms with E-state index in [1.54, 1.807) is 0 Å². The monoisotopic (exact) mass is 876 g/mol. The molecule has 0 unspecified atom stereocenters. The van der Waals surface area contributed by atoms with E-state index in [4.69, 9.17) is 19.9 Å². The van der Waals surface area contributed by atoms with Gasteiger partial charge in [0.05, 0.1) is 50.3 Å². The molecule has 9 aromatic carbocycles. The quantitative estimate of drug-likeness (QED) is 0.156. The third-order valence-corrected chi connectivity index (χ3v) is 14.3. The van der Waals surface area contributed by atoms with Crippen molar-refractivity contribution in [1.29, 1.82) is 0 Å². The molecule has 320 valence electrons. The SMILES string of the molecule is c1ccc(-c2ccc3ccc4ccc(-c5ccc6nc(-c7cccc(-c8nc9ccccc9c9cc%10c(cc89)-c8ccccc8C%10(c8ccccc8)c8ccccc8)c7)ccc6c5)nc4c3n2)cc1. The molecule has 4 aromatic heterocycles. The van der Waals surface area contributed by atoms with E-state index in [9.17, 15) is 0 Å². The van der Waals surface area contributed by atoms with E-state index in [1.807, 2.05) is 18.2 Å². The maximum Gasteiger partial charge on any atom is 0.0972 e. The first-order valence-corrected chi connectivity index (χ1v) is 23.5. The van der Waals surface area contributed by atoms with Crippen LogP contribution in [0.2, 0.25) is 0 Å². The summed E-state index contributed by atoms with van der Waals surface area (Å²) in [6, 6.07) is 86.9. The number of para-hydroxylation sites is 1. The molecule has 69 heavy (non-hydrogen) atoms. The number of nitrogens with zero attached hydrogens (tertiary/aromatic N) is 4. The molecule has 4 heteroatoms. The zero-order chi connectivity index (χ0) is 45.5. The van der Waals surface area contributed by atoms with Crippen LogP contribution in [0.3, 0.4) is 0 Å². The summed E-state index contributed by atoms with van der Waals surface area (Å²) >= 11 is 0. The van der Waals surface area contributed by atoms with E-state index in [2.05, 4.69) is 224 Å². The van der Waals surface area contributed by atoms with Gasteiger partial charge < -0.3 is 0 Å². The normalized spacial score (nSPS) is 12.8. The average Bonchev–Trinajstić information content (AvgIpc) is 3.72.